The molecule has 0 bridgehead atoms. The van der Waals surface area contributed by atoms with E-state index in [2.05, 4.69) is 36.9 Å². The summed E-state index contributed by atoms with van der Waals surface area (Å²) >= 11 is 0. The number of aryl methyl sites for hydroxylation is 2. The highest BCUT2D eigenvalue weighted by atomic mass is 15.2. The zero-order valence-electron chi connectivity index (χ0n) is 11.8. The first-order chi connectivity index (χ1) is 8.74. The maximum atomic E-state index is 2.75. The Kier molecular flexibility index (Phi) is 3.43. The van der Waals surface area contributed by atoms with Crippen LogP contribution in [-0.4, -0.2) is 18.0 Å². The van der Waals surface area contributed by atoms with Crippen molar-refractivity contribution < 1.29 is 0 Å². The first-order valence-electron chi connectivity index (χ1n) is 7.57. The highest BCUT2D eigenvalue weighted by Crippen LogP contribution is 2.36. The first kappa shape index (κ1) is 12.2. The van der Waals surface area contributed by atoms with Crippen LogP contribution in [0.15, 0.2) is 18.2 Å². The van der Waals surface area contributed by atoms with Crippen molar-refractivity contribution in [1.29, 1.82) is 0 Å². The van der Waals surface area contributed by atoms with E-state index in [4.69, 9.17) is 0 Å². The van der Waals surface area contributed by atoms with Crippen molar-refractivity contribution in [2.24, 2.45) is 5.92 Å². The van der Waals surface area contributed by atoms with Gasteiger partial charge in [0, 0.05) is 6.04 Å². The van der Waals surface area contributed by atoms with Crippen LogP contribution in [0.5, 0.6) is 0 Å². The topological polar surface area (TPSA) is 3.24 Å². The summed E-state index contributed by atoms with van der Waals surface area (Å²) in [5.74, 6) is 0.932. The lowest BCUT2D eigenvalue weighted by molar-refractivity contribution is 0.125. The molecule has 1 nitrogen and oxygen atoms in total. The zero-order chi connectivity index (χ0) is 12.5. The van der Waals surface area contributed by atoms with Gasteiger partial charge < -0.3 is 0 Å². The van der Waals surface area contributed by atoms with Crippen molar-refractivity contribution in [2.75, 3.05) is 13.1 Å². The molecule has 0 saturated carbocycles. The summed E-state index contributed by atoms with van der Waals surface area (Å²) in [5, 5.41) is 0. The molecule has 1 heteroatoms. The van der Waals surface area contributed by atoms with E-state index >= 15 is 0 Å². The molecule has 0 N–H and O–H groups in total. The number of hydrogen-bond acceptors (Lipinski definition) is 1. The SMILES string of the molecule is Cc1ccc2c(c1)C(N1CCC(C)CC1)CCC2. The first-order valence-corrected chi connectivity index (χ1v) is 7.57. The number of piperidine rings is 1. The van der Waals surface area contributed by atoms with Gasteiger partial charge in [-0.05, 0) is 69.2 Å². The van der Waals surface area contributed by atoms with Crippen LogP contribution in [-0.2, 0) is 6.42 Å². The molecule has 0 spiro atoms. The number of hydrogen-bond donors (Lipinski definition) is 0. The van der Waals surface area contributed by atoms with E-state index in [0.717, 1.165) is 5.92 Å². The zero-order valence-corrected chi connectivity index (χ0v) is 11.8. The average Bonchev–Trinajstić information content (AvgIpc) is 2.39. The standard InChI is InChI=1S/C17H25N/c1-13-8-10-18(11-9-13)17-5-3-4-15-7-6-14(2)12-16(15)17/h6-7,12-13,17H,3-5,8-11H2,1-2H3. The van der Waals surface area contributed by atoms with E-state index in [1.807, 2.05) is 0 Å². The summed E-state index contributed by atoms with van der Waals surface area (Å²) < 4.78 is 0. The van der Waals surface area contributed by atoms with Crippen molar-refractivity contribution in [1.82, 2.24) is 4.90 Å². The van der Waals surface area contributed by atoms with Gasteiger partial charge in [0.25, 0.3) is 0 Å². The monoisotopic (exact) mass is 243 g/mol. The van der Waals surface area contributed by atoms with Crippen molar-refractivity contribution in [3.05, 3.63) is 34.9 Å². The Hall–Kier alpha value is -0.820. The molecule has 3 rings (SSSR count). The van der Waals surface area contributed by atoms with E-state index in [0.29, 0.717) is 6.04 Å². The summed E-state index contributed by atoms with van der Waals surface area (Å²) in [7, 11) is 0. The second-order valence-electron chi connectivity index (χ2n) is 6.33. The minimum absolute atomic E-state index is 0.709. The molecule has 0 amide bonds. The summed E-state index contributed by atoms with van der Waals surface area (Å²) in [6, 6.07) is 7.79. The lowest BCUT2D eigenvalue weighted by Crippen LogP contribution is -2.37. The molecule has 1 heterocycles. The predicted octanol–water partition coefficient (Wildman–Crippen LogP) is 4.10. The number of nitrogens with zero attached hydrogens (tertiary/aromatic N) is 1. The largest absolute Gasteiger partial charge is 0.296 e. The molecule has 1 aromatic rings. The molecule has 0 radical (unpaired) electrons. The van der Waals surface area contributed by atoms with Crippen molar-refractivity contribution in [3.63, 3.8) is 0 Å². The lowest BCUT2D eigenvalue weighted by Gasteiger charge is -2.39. The molecule has 1 saturated heterocycles. The third-order valence-electron chi connectivity index (χ3n) is 4.84. The second kappa shape index (κ2) is 5.05. The van der Waals surface area contributed by atoms with Gasteiger partial charge in [0.05, 0.1) is 0 Å². The molecular weight excluding hydrogens is 218 g/mol. The Morgan fingerprint density at radius 2 is 1.89 bits per heavy atom. The molecule has 98 valence electrons. The predicted molar refractivity (Wildman–Crippen MR) is 76.8 cm³/mol. The Balaban J connectivity index is 1.84. The van der Waals surface area contributed by atoms with Gasteiger partial charge >= 0.3 is 0 Å². The summed E-state index contributed by atoms with van der Waals surface area (Å²) in [5.41, 5.74) is 4.66. The van der Waals surface area contributed by atoms with Crippen molar-refractivity contribution in [2.45, 2.75) is 52.0 Å². The molecule has 2 aliphatic rings. The highest BCUT2D eigenvalue weighted by molar-refractivity contribution is 5.35. The number of benzene rings is 1. The van der Waals surface area contributed by atoms with Gasteiger partial charge in [-0.2, -0.15) is 0 Å². The second-order valence-corrected chi connectivity index (χ2v) is 6.33. The lowest BCUT2D eigenvalue weighted by atomic mass is 9.84. The van der Waals surface area contributed by atoms with E-state index in [1.165, 1.54) is 50.8 Å². The van der Waals surface area contributed by atoms with E-state index in [1.54, 1.807) is 11.1 Å². The third kappa shape index (κ3) is 2.33. The van der Waals surface area contributed by atoms with Gasteiger partial charge in [-0.25, -0.2) is 0 Å². The number of likely N-dealkylation sites (tertiary alicyclic amines) is 1. The van der Waals surface area contributed by atoms with Crippen molar-refractivity contribution >= 4 is 0 Å². The minimum Gasteiger partial charge on any atom is -0.296 e. The molecule has 1 aromatic carbocycles. The maximum absolute atomic E-state index is 2.75. The molecule has 1 aliphatic heterocycles. The van der Waals surface area contributed by atoms with E-state index in [9.17, 15) is 0 Å². The Morgan fingerprint density at radius 1 is 1.11 bits per heavy atom. The fourth-order valence-corrected chi connectivity index (χ4v) is 3.61. The fourth-order valence-electron chi connectivity index (χ4n) is 3.61. The molecule has 0 aromatic heterocycles. The summed E-state index contributed by atoms with van der Waals surface area (Å²) in [6.07, 6.45) is 6.79. The molecule has 18 heavy (non-hydrogen) atoms. The van der Waals surface area contributed by atoms with Crippen LogP contribution < -0.4 is 0 Å². The van der Waals surface area contributed by atoms with Gasteiger partial charge in [0.1, 0.15) is 0 Å². The number of rotatable bonds is 1. The molecule has 1 unspecified atom stereocenters. The van der Waals surface area contributed by atoms with Crippen LogP contribution in [0, 0.1) is 12.8 Å². The van der Waals surface area contributed by atoms with Crippen molar-refractivity contribution in [3.8, 4) is 0 Å². The molecule has 1 fully saturated rings. The summed E-state index contributed by atoms with van der Waals surface area (Å²) in [4.78, 5) is 2.75. The van der Waals surface area contributed by atoms with Gasteiger partial charge in [0.2, 0.25) is 0 Å². The minimum atomic E-state index is 0.709. The quantitative estimate of drug-likeness (QED) is 0.717. The maximum Gasteiger partial charge on any atom is 0.0351 e. The third-order valence-corrected chi connectivity index (χ3v) is 4.84. The smallest absolute Gasteiger partial charge is 0.0351 e. The van der Waals surface area contributed by atoms with Gasteiger partial charge in [-0.1, -0.05) is 30.7 Å². The van der Waals surface area contributed by atoms with E-state index in [-0.39, 0.29) is 0 Å². The van der Waals surface area contributed by atoms with Crippen LogP contribution >= 0.6 is 0 Å². The number of fused-ring (bicyclic) bond motifs is 1. The van der Waals surface area contributed by atoms with Crippen LogP contribution in [0.4, 0.5) is 0 Å². The van der Waals surface area contributed by atoms with Crippen LogP contribution in [0.1, 0.15) is 55.3 Å². The Bertz CT molecular complexity index is 416. The molecule has 1 aliphatic carbocycles. The molecular formula is C17H25N. The van der Waals surface area contributed by atoms with E-state index < -0.39 is 0 Å². The molecule has 1 atom stereocenters. The summed E-state index contributed by atoms with van der Waals surface area (Å²) in [6.45, 7) is 7.24. The Morgan fingerprint density at radius 3 is 2.67 bits per heavy atom. The fraction of sp³-hybridized carbons (Fsp3) is 0.647. The van der Waals surface area contributed by atoms with Crippen LogP contribution in [0.2, 0.25) is 0 Å². The van der Waals surface area contributed by atoms with Gasteiger partial charge in [-0.15, -0.1) is 0 Å². The Labute approximate surface area is 111 Å². The normalized spacial score (nSPS) is 26.0. The van der Waals surface area contributed by atoms with Crippen LogP contribution in [0.3, 0.4) is 0 Å². The van der Waals surface area contributed by atoms with Gasteiger partial charge in [0.15, 0.2) is 0 Å². The highest BCUT2D eigenvalue weighted by Gasteiger charge is 2.28. The van der Waals surface area contributed by atoms with Crippen LogP contribution in [0.25, 0.3) is 0 Å². The van der Waals surface area contributed by atoms with Gasteiger partial charge in [-0.3, -0.25) is 4.90 Å². The average molecular weight is 243 g/mol.